The Morgan fingerprint density at radius 2 is 1.79 bits per heavy atom. The van der Waals surface area contributed by atoms with Crippen molar-refractivity contribution in [2.75, 3.05) is 39.8 Å². The van der Waals surface area contributed by atoms with Gasteiger partial charge >= 0.3 is 12.3 Å². The van der Waals surface area contributed by atoms with Crippen molar-refractivity contribution in [2.24, 2.45) is 4.99 Å². The molecule has 0 fully saturated rings. The second kappa shape index (κ2) is 13.2. The molecule has 206 valence electrons. The number of fused-ring (bicyclic) bond motifs is 1. The molecule has 0 N–H and O–H groups in total. The van der Waals surface area contributed by atoms with Gasteiger partial charge in [-0.2, -0.15) is 0 Å². The molecule has 0 radical (unpaired) electrons. The fourth-order valence-corrected chi connectivity index (χ4v) is 4.01. The first kappa shape index (κ1) is 30.6. The lowest BCUT2D eigenvalue weighted by atomic mass is 9.97. The summed E-state index contributed by atoms with van der Waals surface area (Å²) in [6, 6.07) is 10.0. The van der Waals surface area contributed by atoms with E-state index >= 15 is 0 Å². The van der Waals surface area contributed by atoms with E-state index < -0.39 is 23.7 Å². The Morgan fingerprint density at radius 3 is 2.32 bits per heavy atom. The van der Waals surface area contributed by atoms with Gasteiger partial charge in [-0.15, -0.1) is 13.2 Å². The third kappa shape index (κ3) is 7.45. The first-order valence-electron chi connectivity index (χ1n) is 11.0. The van der Waals surface area contributed by atoms with Crippen molar-refractivity contribution >= 4 is 41.3 Å². The maximum atomic E-state index is 12.8. The van der Waals surface area contributed by atoms with Crippen molar-refractivity contribution in [1.29, 1.82) is 0 Å². The van der Waals surface area contributed by atoms with Crippen LogP contribution in [0.3, 0.4) is 0 Å². The Balaban J connectivity index is 0.00000118. The Hall–Kier alpha value is -3.64. The van der Waals surface area contributed by atoms with Gasteiger partial charge < -0.3 is 23.8 Å². The van der Waals surface area contributed by atoms with Crippen molar-refractivity contribution in [3.63, 3.8) is 0 Å². The Morgan fingerprint density at radius 1 is 1.16 bits per heavy atom. The summed E-state index contributed by atoms with van der Waals surface area (Å²) in [4.78, 5) is 39.9. The average molecular weight is 559 g/mol. The highest BCUT2D eigenvalue weighted by molar-refractivity contribution is 6.31. The smallest absolute Gasteiger partial charge is 0.471 e. The van der Waals surface area contributed by atoms with E-state index in [0.717, 1.165) is 17.7 Å². The molecule has 2 aromatic carbocycles. The second-order valence-electron chi connectivity index (χ2n) is 7.79. The number of carbonyl (C=O) groups excluding carboxylic acids is 3. The largest absolute Gasteiger partial charge is 0.573 e. The molecule has 1 aliphatic rings. The van der Waals surface area contributed by atoms with E-state index in [0.29, 0.717) is 28.5 Å². The number of carbonyl (C=O) groups is 3. The molecule has 0 saturated carbocycles. The maximum absolute atomic E-state index is 12.8. The van der Waals surface area contributed by atoms with E-state index in [2.05, 4.69) is 14.5 Å². The van der Waals surface area contributed by atoms with Gasteiger partial charge in [0, 0.05) is 36.8 Å². The zero-order valence-corrected chi connectivity index (χ0v) is 21.8. The third-order valence-electron chi connectivity index (χ3n) is 5.48. The molecular formula is C25H26ClF3N2O7. The maximum Gasteiger partial charge on any atom is 0.573 e. The number of benzene rings is 2. The molecule has 1 atom stereocenters. The number of esters is 1. The van der Waals surface area contributed by atoms with Gasteiger partial charge in [-0.3, -0.25) is 14.6 Å². The van der Waals surface area contributed by atoms with Crippen LogP contribution in [-0.2, 0) is 35.0 Å². The van der Waals surface area contributed by atoms with Gasteiger partial charge in [0.1, 0.15) is 5.75 Å². The zero-order valence-electron chi connectivity index (χ0n) is 21.0. The fraction of sp³-hybridized carbons (Fsp3) is 0.360. The summed E-state index contributed by atoms with van der Waals surface area (Å²) < 4.78 is 55.6. The molecule has 2 aromatic rings. The van der Waals surface area contributed by atoms with Crippen LogP contribution in [0.15, 0.2) is 47.5 Å². The quantitative estimate of drug-likeness (QED) is 0.356. The molecule has 0 heterocycles. The lowest BCUT2D eigenvalue weighted by Gasteiger charge is -2.27. The van der Waals surface area contributed by atoms with E-state index in [1.807, 2.05) is 0 Å². The van der Waals surface area contributed by atoms with E-state index in [1.165, 1.54) is 45.3 Å². The number of anilines is 1. The Bertz CT molecular complexity index is 1170. The van der Waals surface area contributed by atoms with Crippen LogP contribution in [-0.4, -0.2) is 70.9 Å². The molecule has 0 spiro atoms. The number of amides is 1. The fourth-order valence-electron chi connectivity index (χ4n) is 3.82. The summed E-state index contributed by atoms with van der Waals surface area (Å²) in [5.74, 6) is -1.42. The molecule has 1 aliphatic carbocycles. The van der Waals surface area contributed by atoms with Gasteiger partial charge in [0.2, 0.25) is 11.5 Å². The Labute approximate surface area is 222 Å². The standard InChI is InChI=1S/C23H22ClF3N2O5.C2H4O2/c1-28-20-18-9-4-15(24)12-14(18)13-22(20,21(31)32-3)33-11-10-19(30)29(2)16-5-7-17(8-6-16)34-23(25,26)27;1-4-2-3/h4-9,12H,10-11,13H2,1-3H3;2H,1H3. The van der Waals surface area contributed by atoms with Crippen molar-refractivity contribution in [1.82, 2.24) is 0 Å². The first-order chi connectivity index (χ1) is 17.9. The monoisotopic (exact) mass is 558 g/mol. The number of halogens is 4. The number of rotatable bonds is 8. The van der Waals surface area contributed by atoms with Crippen LogP contribution < -0.4 is 9.64 Å². The zero-order chi connectivity index (χ0) is 28.5. The lowest BCUT2D eigenvalue weighted by molar-refractivity contribution is -0.274. The van der Waals surface area contributed by atoms with Crippen LogP contribution in [0.2, 0.25) is 5.02 Å². The summed E-state index contributed by atoms with van der Waals surface area (Å²) in [7, 11) is 5.56. The molecule has 9 nitrogen and oxygen atoms in total. The summed E-state index contributed by atoms with van der Waals surface area (Å²) in [6.45, 7) is 0.244. The van der Waals surface area contributed by atoms with Gasteiger partial charge in [0.25, 0.3) is 6.47 Å². The van der Waals surface area contributed by atoms with Crippen LogP contribution in [0.1, 0.15) is 17.5 Å². The number of methoxy groups -OCH3 is 2. The highest BCUT2D eigenvalue weighted by atomic mass is 35.5. The molecule has 1 unspecified atom stereocenters. The molecule has 0 bridgehead atoms. The molecule has 1 amide bonds. The van der Waals surface area contributed by atoms with E-state index in [1.54, 1.807) is 18.2 Å². The predicted molar refractivity (Wildman–Crippen MR) is 133 cm³/mol. The van der Waals surface area contributed by atoms with Gasteiger partial charge in [-0.25, -0.2) is 4.79 Å². The van der Waals surface area contributed by atoms with E-state index in [9.17, 15) is 22.8 Å². The number of aliphatic imine (C=N–C) groups is 1. The van der Waals surface area contributed by atoms with Gasteiger partial charge in [-0.1, -0.05) is 17.7 Å². The molecule has 0 aliphatic heterocycles. The van der Waals surface area contributed by atoms with E-state index in [4.69, 9.17) is 25.9 Å². The van der Waals surface area contributed by atoms with Crippen LogP contribution in [0.25, 0.3) is 0 Å². The average Bonchev–Trinajstić information content (AvgIpc) is 3.20. The number of alkyl halides is 3. The minimum absolute atomic E-state index is 0.107. The third-order valence-corrected chi connectivity index (χ3v) is 5.71. The minimum atomic E-state index is -4.80. The first-order valence-corrected chi connectivity index (χ1v) is 11.4. The molecule has 0 saturated heterocycles. The van der Waals surface area contributed by atoms with E-state index in [-0.39, 0.29) is 25.4 Å². The van der Waals surface area contributed by atoms with Crippen LogP contribution >= 0.6 is 11.6 Å². The summed E-state index contributed by atoms with van der Waals surface area (Å²) in [5, 5.41) is 0.498. The molecule has 0 aromatic heterocycles. The van der Waals surface area contributed by atoms with Crippen LogP contribution in [0.5, 0.6) is 5.75 Å². The minimum Gasteiger partial charge on any atom is -0.471 e. The van der Waals surface area contributed by atoms with Crippen molar-refractivity contribution < 1.29 is 46.5 Å². The number of hydrogen-bond acceptors (Lipinski definition) is 8. The molecule has 3 rings (SSSR count). The van der Waals surface area contributed by atoms with Crippen molar-refractivity contribution in [2.45, 2.75) is 24.8 Å². The molecule has 38 heavy (non-hydrogen) atoms. The number of nitrogens with zero attached hydrogens (tertiary/aromatic N) is 2. The van der Waals surface area contributed by atoms with Crippen molar-refractivity contribution in [3.8, 4) is 5.75 Å². The predicted octanol–water partition coefficient (Wildman–Crippen LogP) is 3.98. The second-order valence-corrected chi connectivity index (χ2v) is 8.23. The topological polar surface area (TPSA) is 104 Å². The molecule has 13 heteroatoms. The van der Waals surface area contributed by atoms with Gasteiger partial charge in [0.15, 0.2) is 0 Å². The number of hydrogen-bond donors (Lipinski definition) is 0. The highest BCUT2D eigenvalue weighted by Crippen LogP contribution is 2.36. The Kier molecular flexibility index (Phi) is 10.7. The van der Waals surface area contributed by atoms with Gasteiger partial charge in [-0.05, 0) is 42.0 Å². The van der Waals surface area contributed by atoms with Crippen molar-refractivity contribution in [3.05, 3.63) is 58.6 Å². The highest BCUT2D eigenvalue weighted by Gasteiger charge is 2.51. The van der Waals surface area contributed by atoms with Crippen LogP contribution in [0.4, 0.5) is 18.9 Å². The summed E-state index contributed by atoms with van der Waals surface area (Å²) in [6.07, 6.45) is -4.76. The lowest BCUT2D eigenvalue weighted by Crippen LogP contribution is -2.49. The number of ether oxygens (including phenoxy) is 4. The summed E-state index contributed by atoms with van der Waals surface area (Å²) >= 11 is 6.09. The normalized spacial score (nSPS) is 17.1. The SMILES string of the molecule is CN=C1c2ccc(Cl)cc2CC1(OCCC(=O)N(C)c1ccc(OC(F)(F)F)cc1)C(=O)OC.COC=O. The van der Waals surface area contributed by atoms with Gasteiger partial charge in [0.05, 0.1) is 33.0 Å². The summed E-state index contributed by atoms with van der Waals surface area (Å²) in [5.41, 5.74) is 0.699. The van der Waals surface area contributed by atoms with Crippen LogP contribution in [0, 0.1) is 0 Å². The molecular weight excluding hydrogens is 533 g/mol.